The van der Waals surface area contributed by atoms with E-state index in [1.165, 1.54) is 57.1 Å². The van der Waals surface area contributed by atoms with Gasteiger partial charge >= 0.3 is 0 Å². The van der Waals surface area contributed by atoms with E-state index in [4.69, 9.17) is 0 Å². The summed E-state index contributed by atoms with van der Waals surface area (Å²) in [4.78, 5) is 0. The molecule has 2 heteroatoms. The maximum Gasteiger partial charge on any atom is 0.0596 e. The number of aliphatic hydroxyl groups is 1. The van der Waals surface area contributed by atoms with Crippen LogP contribution in [0.25, 0.3) is 0 Å². The lowest BCUT2D eigenvalue weighted by Crippen LogP contribution is -2.54. The molecule has 1 spiro atoms. The lowest BCUT2D eigenvalue weighted by molar-refractivity contribution is -0.122. The molecule has 5 aliphatic rings. The summed E-state index contributed by atoms with van der Waals surface area (Å²) >= 11 is 2.26. The summed E-state index contributed by atoms with van der Waals surface area (Å²) in [6.07, 6.45) is 12.6. The SMILES string of the molecule is C[C@]12CC[C@]3(CS3)C[C@@H]1CC[C@@H]1[C@@H]2CC[C@]2(C)[C@@H](O)CC[C@@H]12. The van der Waals surface area contributed by atoms with Crippen molar-refractivity contribution >= 4 is 11.8 Å². The third-order valence-corrected chi connectivity index (χ3v) is 10.8. The molecule has 4 saturated carbocycles. The molecule has 1 heterocycles. The third kappa shape index (κ3) is 1.78. The number of rotatable bonds is 0. The zero-order valence-corrected chi connectivity index (χ0v) is 15.1. The monoisotopic (exact) mass is 320 g/mol. The second-order valence-electron chi connectivity index (χ2n) is 9.97. The predicted molar refractivity (Wildman–Crippen MR) is 92.9 cm³/mol. The first-order chi connectivity index (χ1) is 10.5. The van der Waals surface area contributed by atoms with Crippen molar-refractivity contribution in [2.45, 2.75) is 82.5 Å². The van der Waals surface area contributed by atoms with Crippen LogP contribution in [0.4, 0.5) is 0 Å². The molecule has 0 aromatic heterocycles. The molecule has 0 amide bonds. The van der Waals surface area contributed by atoms with Crippen molar-refractivity contribution in [2.75, 3.05) is 5.75 Å². The lowest BCUT2D eigenvalue weighted by Gasteiger charge is -2.61. The Morgan fingerprint density at radius 1 is 0.864 bits per heavy atom. The van der Waals surface area contributed by atoms with Crippen LogP contribution < -0.4 is 0 Å². The molecule has 0 bridgehead atoms. The average Bonchev–Trinajstić information content (AvgIpc) is 3.19. The van der Waals surface area contributed by atoms with Gasteiger partial charge in [-0.3, -0.25) is 0 Å². The van der Waals surface area contributed by atoms with Crippen molar-refractivity contribution in [1.82, 2.24) is 0 Å². The van der Waals surface area contributed by atoms with Gasteiger partial charge in [0.15, 0.2) is 0 Å². The van der Waals surface area contributed by atoms with Gasteiger partial charge in [0, 0.05) is 10.5 Å². The molecule has 0 unspecified atom stereocenters. The van der Waals surface area contributed by atoms with E-state index in [0.717, 1.165) is 34.8 Å². The van der Waals surface area contributed by atoms with Crippen molar-refractivity contribution in [3.63, 3.8) is 0 Å². The summed E-state index contributed by atoms with van der Waals surface area (Å²) in [5.74, 6) is 5.19. The van der Waals surface area contributed by atoms with Crippen LogP contribution in [0.1, 0.15) is 71.6 Å². The number of aliphatic hydroxyl groups excluding tert-OH is 1. The molecule has 0 aromatic rings. The predicted octanol–water partition coefficient (Wildman–Crippen LogP) is 4.88. The van der Waals surface area contributed by atoms with Gasteiger partial charge in [0.05, 0.1) is 6.10 Å². The fourth-order valence-corrected chi connectivity index (χ4v) is 8.68. The molecule has 1 N–H and O–H groups in total. The molecule has 0 radical (unpaired) electrons. The summed E-state index contributed by atoms with van der Waals surface area (Å²) in [5.41, 5.74) is 0.888. The van der Waals surface area contributed by atoms with Crippen molar-refractivity contribution in [2.24, 2.45) is 34.5 Å². The Morgan fingerprint density at radius 2 is 1.64 bits per heavy atom. The molecule has 124 valence electrons. The molecule has 22 heavy (non-hydrogen) atoms. The van der Waals surface area contributed by atoms with Crippen molar-refractivity contribution in [1.29, 1.82) is 0 Å². The molecule has 1 aliphatic heterocycles. The van der Waals surface area contributed by atoms with Crippen LogP contribution >= 0.6 is 11.8 Å². The van der Waals surface area contributed by atoms with Crippen molar-refractivity contribution < 1.29 is 5.11 Å². The summed E-state index contributed by atoms with van der Waals surface area (Å²) in [5, 5.41) is 10.5. The first kappa shape index (κ1) is 14.6. The fraction of sp³-hybridized carbons (Fsp3) is 1.00. The maximum absolute atomic E-state index is 10.5. The lowest BCUT2D eigenvalue weighted by atomic mass is 9.44. The zero-order chi connectivity index (χ0) is 15.2. The van der Waals surface area contributed by atoms with Crippen LogP contribution in [-0.4, -0.2) is 21.7 Å². The van der Waals surface area contributed by atoms with E-state index in [1.807, 2.05) is 0 Å². The van der Waals surface area contributed by atoms with E-state index < -0.39 is 0 Å². The summed E-state index contributed by atoms with van der Waals surface area (Å²) < 4.78 is 0.740. The average molecular weight is 321 g/mol. The fourth-order valence-electron chi connectivity index (χ4n) is 7.64. The molecule has 5 fully saturated rings. The van der Waals surface area contributed by atoms with Gasteiger partial charge in [0.25, 0.3) is 0 Å². The maximum atomic E-state index is 10.5. The van der Waals surface area contributed by atoms with Gasteiger partial charge in [-0.15, -0.1) is 0 Å². The highest BCUT2D eigenvalue weighted by atomic mass is 32.2. The van der Waals surface area contributed by atoms with Crippen molar-refractivity contribution in [3.05, 3.63) is 0 Å². The van der Waals surface area contributed by atoms with Gasteiger partial charge in [-0.1, -0.05) is 13.8 Å². The minimum atomic E-state index is -0.0125. The molecule has 1 nitrogen and oxygen atoms in total. The highest BCUT2D eigenvalue weighted by Gasteiger charge is 2.62. The van der Waals surface area contributed by atoms with E-state index in [2.05, 4.69) is 25.6 Å². The van der Waals surface area contributed by atoms with Gasteiger partial charge in [-0.25, -0.2) is 0 Å². The van der Waals surface area contributed by atoms with E-state index in [9.17, 15) is 5.11 Å². The first-order valence-corrected chi connectivity index (χ1v) is 10.8. The van der Waals surface area contributed by atoms with Crippen LogP contribution in [0.2, 0.25) is 0 Å². The molecule has 1 saturated heterocycles. The van der Waals surface area contributed by atoms with Crippen molar-refractivity contribution in [3.8, 4) is 0 Å². The van der Waals surface area contributed by atoms with E-state index in [-0.39, 0.29) is 11.5 Å². The van der Waals surface area contributed by atoms with Crippen LogP contribution in [0.3, 0.4) is 0 Å². The van der Waals surface area contributed by atoms with Crippen LogP contribution in [0, 0.1) is 34.5 Å². The number of hydrogen-bond donors (Lipinski definition) is 1. The van der Waals surface area contributed by atoms with Crippen LogP contribution in [-0.2, 0) is 0 Å². The summed E-state index contributed by atoms with van der Waals surface area (Å²) in [6.45, 7) is 5.08. The highest BCUT2D eigenvalue weighted by Crippen LogP contribution is 2.69. The quantitative estimate of drug-likeness (QED) is 0.642. The Morgan fingerprint density at radius 3 is 2.41 bits per heavy atom. The summed E-state index contributed by atoms with van der Waals surface area (Å²) in [6, 6.07) is 0. The highest BCUT2D eigenvalue weighted by molar-refractivity contribution is 8.07. The molecular formula is C20H32OS. The number of thioether (sulfide) groups is 1. The Balaban J connectivity index is 1.44. The second-order valence-corrected chi connectivity index (χ2v) is 11.4. The number of hydrogen-bond acceptors (Lipinski definition) is 2. The smallest absolute Gasteiger partial charge is 0.0596 e. The minimum absolute atomic E-state index is 0.0125. The van der Waals surface area contributed by atoms with Gasteiger partial charge in [-0.05, 0) is 92.3 Å². The molecule has 5 rings (SSSR count). The molecule has 0 aromatic carbocycles. The minimum Gasteiger partial charge on any atom is -0.393 e. The van der Waals surface area contributed by atoms with Crippen LogP contribution in [0.5, 0.6) is 0 Å². The molecule has 8 atom stereocenters. The van der Waals surface area contributed by atoms with Crippen LogP contribution in [0.15, 0.2) is 0 Å². The topological polar surface area (TPSA) is 20.2 Å². The largest absolute Gasteiger partial charge is 0.393 e. The Hall–Kier alpha value is 0.310. The standard InChI is InChI=1S/C20H32OS/c1-18-9-10-20(12-22-20)11-13(18)3-4-14-15-5-6-17(21)19(15,2)8-7-16(14)18/h13-17,21H,3-12H2,1-2H3/t13-,14-,15-,16-,17-,18-,19-,20+/m0/s1. The van der Waals surface area contributed by atoms with Gasteiger partial charge in [0.2, 0.25) is 0 Å². The van der Waals surface area contributed by atoms with Gasteiger partial charge in [-0.2, -0.15) is 11.8 Å². The zero-order valence-electron chi connectivity index (χ0n) is 14.3. The van der Waals surface area contributed by atoms with E-state index in [0.29, 0.717) is 5.41 Å². The normalized spacial score (nSPS) is 63.1. The second kappa shape index (κ2) is 4.48. The number of fused-ring (bicyclic) bond motifs is 5. The Labute approximate surface area is 140 Å². The van der Waals surface area contributed by atoms with E-state index in [1.54, 1.807) is 0 Å². The third-order valence-electron chi connectivity index (χ3n) is 9.31. The first-order valence-electron chi connectivity index (χ1n) is 9.79. The Bertz CT molecular complexity index is 486. The molecular weight excluding hydrogens is 288 g/mol. The van der Waals surface area contributed by atoms with E-state index >= 15 is 0 Å². The Kier molecular flexibility index (Phi) is 2.98. The summed E-state index contributed by atoms with van der Waals surface area (Å²) in [7, 11) is 0. The van der Waals surface area contributed by atoms with Gasteiger partial charge < -0.3 is 5.11 Å². The van der Waals surface area contributed by atoms with Gasteiger partial charge in [0.1, 0.15) is 0 Å². The molecule has 4 aliphatic carbocycles.